The predicted molar refractivity (Wildman–Crippen MR) is 257 cm³/mol. The Balaban J connectivity index is 1.10. The number of nitrogens with zero attached hydrogens (tertiary/aromatic N) is 2. The second-order valence-electron chi connectivity index (χ2n) is 15.7. The molecule has 0 spiro atoms. The van der Waals surface area contributed by atoms with E-state index >= 15 is 0 Å². The van der Waals surface area contributed by atoms with Gasteiger partial charge in [0.25, 0.3) is 0 Å². The number of para-hydroxylation sites is 3. The van der Waals surface area contributed by atoms with Gasteiger partial charge in [-0.15, -0.1) is 0 Å². The zero-order valence-corrected chi connectivity index (χ0v) is 33.2. The third-order valence-corrected chi connectivity index (χ3v) is 12.2. The zero-order chi connectivity index (χ0) is 40.3. The van der Waals surface area contributed by atoms with Crippen molar-refractivity contribution in [1.82, 2.24) is 4.57 Å². The Hall–Kier alpha value is -8.14. The molecule has 2 heterocycles. The molecule has 0 unspecified atom stereocenters. The molecule has 0 aliphatic heterocycles. The summed E-state index contributed by atoms with van der Waals surface area (Å²) in [5.41, 5.74) is 15.1. The maximum Gasteiger partial charge on any atom is 0.145 e. The summed E-state index contributed by atoms with van der Waals surface area (Å²) in [7, 11) is 0. The van der Waals surface area contributed by atoms with E-state index in [1.165, 1.54) is 43.7 Å². The standard InChI is InChI=1S/C58H38N2O/c1-2-15-39(16-3-1)42-19-12-21-45(37-42)59(46-22-13-20-43(38-46)48-27-14-18-40-17-4-5-23-47(40)48)55-36-35-52-51-26-8-11-30-56(51)61-58(52)57(55)41-31-33-44(34-32-41)60-53-28-9-6-24-49(53)50-25-7-10-29-54(50)60/h1-38H. The van der Waals surface area contributed by atoms with Gasteiger partial charge in [0.2, 0.25) is 0 Å². The molecule has 0 fully saturated rings. The molecule has 0 saturated heterocycles. The maximum absolute atomic E-state index is 6.92. The maximum atomic E-state index is 6.92. The van der Waals surface area contributed by atoms with Crippen LogP contribution in [0.25, 0.3) is 93.6 Å². The largest absolute Gasteiger partial charge is 0.455 e. The molecule has 10 aromatic carbocycles. The molecular formula is C58H38N2O. The molecule has 3 nitrogen and oxygen atoms in total. The molecule has 12 rings (SSSR count). The number of rotatable bonds is 7. The summed E-state index contributed by atoms with van der Waals surface area (Å²) in [6, 6.07) is 82.9. The first-order valence-corrected chi connectivity index (χ1v) is 20.8. The van der Waals surface area contributed by atoms with E-state index in [1.807, 2.05) is 6.07 Å². The van der Waals surface area contributed by atoms with Gasteiger partial charge in [-0.25, -0.2) is 0 Å². The Kier molecular flexibility index (Phi) is 8.17. The van der Waals surface area contributed by atoms with Gasteiger partial charge in [-0.3, -0.25) is 0 Å². The molecule has 0 aliphatic rings. The highest BCUT2D eigenvalue weighted by molar-refractivity contribution is 6.14. The molecule has 61 heavy (non-hydrogen) atoms. The van der Waals surface area contributed by atoms with Crippen LogP contribution >= 0.6 is 0 Å². The smallest absolute Gasteiger partial charge is 0.145 e. The SMILES string of the molecule is c1ccc(-c2cccc(N(c3cccc(-c4cccc5ccccc45)c3)c3ccc4c(oc5ccccc54)c3-c3ccc(-n4c5ccccc5c5ccccc54)cc3)c2)cc1. The van der Waals surface area contributed by atoms with Crippen molar-refractivity contribution in [2.75, 3.05) is 4.90 Å². The number of hydrogen-bond donors (Lipinski definition) is 0. The van der Waals surface area contributed by atoms with Crippen LogP contribution in [0.3, 0.4) is 0 Å². The lowest BCUT2D eigenvalue weighted by molar-refractivity contribution is 0.670. The highest BCUT2D eigenvalue weighted by Crippen LogP contribution is 2.48. The van der Waals surface area contributed by atoms with E-state index in [1.54, 1.807) is 0 Å². The molecule has 0 N–H and O–H groups in total. The third-order valence-electron chi connectivity index (χ3n) is 12.2. The monoisotopic (exact) mass is 778 g/mol. The summed E-state index contributed by atoms with van der Waals surface area (Å²) in [6.45, 7) is 0. The molecule has 0 saturated carbocycles. The van der Waals surface area contributed by atoms with Gasteiger partial charge in [-0.05, 0) is 105 Å². The summed E-state index contributed by atoms with van der Waals surface area (Å²) in [5.74, 6) is 0. The summed E-state index contributed by atoms with van der Waals surface area (Å²) in [6.07, 6.45) is 0. The van der Waals surface area contributed by atoms with E-state index in [0.29, 0.717) is 0 Å². The van der Waals surface area contributed by atoms with Crippen LogP contribution in [0.1, 0.15) is 0 Å². The third kappa shape index (κ3) is 5.82. The van der Waals surface area contributed by atoms with Crippen molar-refractivity contribution in [2.24, 2.45) is 0 Å². The summed E-state index contributed by atoms with van der Waals surface area (Å²) in [5, 5.41) is 7.13. The van der Waals surface area contributed by atoms with Gasteiger partial charge in [0.1, 0.15) is 11.2 Å². The molecule has 0 aliphatic carbocycles. The van der Waals surface area contributed by atoms with Crippen molar-refractivity contribution in [1.29, 1.82) is 0 Å². The van der Waals surface area contributed by atoms with Gasteiger partial charge >= 0.3 is 0 Å². The Labute approximate surface area is 353 Å². The fourth-order valence-electron chi connectivity index (χ4n) is 9.39. The Bertz CT molecular complexity index is 3540. The minimum Gasteiger partial charge on any atom is -0.455 e. The molecule has 0 atom stereocenters. The van der Waals surface area contributed by atoms with E-state index in [0.717, 1.165) is 66.9 Å². The van der Waals surface area contributed by atoms with Crippen molar-refractivity contribution < 1.29 is 4.42 Å². The van der Waals surface area contributed by atoms with Crippen LogP contribution in [0.5, 0.6) is 0 Å². The van der Waals surface area contributed by atoms with Crippen LogP contribution < -0.4 is 4.90 Å². The van der Waals surface area contributed by atoms with Gasteiger partial charge in [0.15, 0.2) is 0 Å². The van der Waals surface area contributed by atoms with Gasteiger partial charge in [0, 0.05) is 44.2 Å². The normalized spacial score (nSPS) is 11.6. The molecule has 286 valence electrons. The number of furan rings is 1. The van der Waals surface area contributed by atoms with Crippen LogP contribution in [-0.2, 0) is 0 Å². The number of aromatic nitrogens is 1. The second kappa shape index (κ2) is 14.3. The minimum absolute atomic E-state index is 0.859. The molecular weight excluding hydrogens is 741 g/mol. The van der Waals surface area contributed by atoms with Crippen LogP contribution in [0, 0.1) is 0 Å². The van der Waals surface area contributed by atoms with Crippen molar-refractivity contribution in [3.63, 3.8) is 0 Å². The van der Waals surface area contributed by atoms with Gasteiger partial charge < -0.3 is 13.9 Å². The van der Waals surface area contributed by atoms with E-state index in [-0.39, 0.29) is 0 Å². The van der Waals surface area contributed by atoms with Crippen LogP contribution in [0.4, 0.5) is 17.1 Å². The summed E-state index contributed by atoms with van der Waals surface area (Å²) >= 11 is 0. The Morgan fingerprint density at radius 3 is 1.69 bits per heavy atom. The molecule has 2 aromatic heterocycles. The Morgan fingerprint density at radius 2 is 0.934 bits per heavy atom. The second-order valence-corrected chi connectivity index (χ2v) is 15.7. The first-order chi connectivity index (χ1) is 30.3. The van der Waals surface area contributed by atoms with Crippen LogP contribution in [0.2, 0.25) is 0 Å². The summed E-state index contributed by atoms with van der Waals surface area (Å²) in [4.78, 5) is 2.41. The fraction of sp³-hybridized carbons (Fsp3) is 0. The van der Waals surface area contributed by atoms with Crippen LogP contribution in [-0.4, -0.2) is 4.57 Å². The summed E-state index contributed by atoms with van der Waals surface area (Å²) < 4.78 is 9.29. The van der Waals surface area contributed by atoms with Crippen molar-refractivity contribution in [3.05, 3.63) is 231 Å². The van der Waals surface area contributed by atoms with E-state index in [4.69, 9.17) is 4.42 Å². The van der Waals surface area contributed by atoms with Crippen molar-refractivity contribution in [3.8, 4) is 39.1 Å². The van der Waals surface area contributed by atoms with E-state index in [9.17, 15) is 0 Å². The average Bonchev–Trinajstić information content (AvgIpc) is 3.88. The molecule has 0 radical (unpaired) electrons. The lowest BCUT2D eigenvalue weighted by atomic mass is 9.96. The fourth-order valence-corrected chi connectivity index (χ4v) is 9.39. The van der Waals surface area contributed by atoms with Crippen molar-refractivity contribution in [2.45, 2.75) is 0 Å². The van der Waals surface area contributed by atoms with Crippen LogP contribution in [0.15, 0.2) is 235 Å². The van der Waals surface area contributed by atoms with E-state index < -0.39 is 0 Å². The molecule has 3 heteroatoms. The number of anilines is 3. The molecule has 12 aromatic rings. The quantitative estimate of drug-likeness (QED) is 0.161. The topological polar surface area (TPSA) is 21.3 Å². The zero-order valence-electron chi connectivity index (χ0n) is 33.2. The predicted octanol–water partition coefficient (Wildman–Crippen LogP) is 16.3. The first-order valence-electron chi connectivity index (χ1n) is 20.8. The van der Waals surface area contributed by atoms with Gasteiger partial charge in [-0.1, -0.05) is 164 Å². The number of fused-ring (bicyclic) bond motifs is 7. The van der Waals surface area contributed by atoms with Crippen molar-refractivity contribution >= 4 is 71.6 Å². The highest BCUT2D eigenvalue weighted by Gasteiger charge is 2.24. The first kappa shape index (κ1) is 34.9. The average molecular weight is 779 g/mol. The van der Waals surface area contributed by atoms with E-state index in [2.05, 4.69) is 234 Å². The molecule has 0 bridgehead atoms. The van der Waals surface area contributed by atoms with Gasteiger partial charge in [-0.2, -0.15) is 0 Å². The lowest BCUT2D eigenvalue weighted by Gasteiger charge is -2.29. The highest BCUT2D eigenvalue weighted by atomic mass is 16.3. The van der Waals surface area contributed by atoms with Gasteiger partial charge in [0.05, 0.1) is 16.7 Å². The lowest BCUT2D eigenvalue weighted by Crippen LogP contribution is -2.11. The molecule has 0 amide bonds. The number of hydrogen-bond acceptors (Lipinski definition) is 2. The number of benzene rings is 10. The minimum atomic E-state index is 0.859. The Morgan fingerprint density at radius 1 is 0.361 bits per heavy atom.